The van der Waals surface area contributed by atoms with Crippen LogP contribution in [0.25, 0.3) is 0 Å². The lowest BCUT2D eigenvalue weighted by Crippen LogP contribution is -2.35. The maximum absolute atomic E-state index is 13.3. The van der Waals surface area contributed by atoms with E-state index >= 15 is 0 Å². The van der Waals surface area contributed by atoms with E-state index in [0.717, 1.165) is 16.7 Å². The molecule has 0 amide bonds. The highest BCUT2D eigenvalue weighted by molar-refractivity contribution is 5.30. The zero-order valence-electron chi connectivity index (χ0n) is 12.5. The van der Waals surface area contributed by atoms with Crippen molar-refractivity contribution in [2.75, 3.05) is 0 Å². The number of aliphatic hydroxyl groups excluding tert-OH is 1. The van der Waals surface area contributed by atoms with Gasteiger partial charge in [0.15, 0.2) is 0 Å². The van der Waals surface area contributed by atoms with Gasteiger partial charge in [0.25, 0.3) is 0 Å². The molecule has 21 heavy (non-hydrogen) atoms. The molecule has 0 spiro atoms. The van der Waals surface area contributed by atoms with Crippen molar-refractivity contribution in [3.8, 4) is 0 Å². The number of rotatable bonds is 4. The molecule has 1 unspecified atom stereocenters. The Bertz CT molecular complexity index is 618. The van der Waals surface area contributed by atoms with Gasteiger partial charge in [0.1, 0.15) is 11.6 Å². The molecule has 0 saturated carbocycles. The van der Waals surface area contributed by atoms with Gasteiger partial charge in [-0.1, -0.05) is 32.0 Å². The zero-order chi connectivity index (χ0) is 15.6. The van der Waals surface area contributed by atoms with Crippen molar-refractivity contribution < 1.29 is 13.9 Å². The molecule has 0 aliphatic rings. The van der Waals surface area contributed by atoms with Gasteiger partial charge in [0.05, 0.1) is 6.10 Å². The van der Waals surface area contributed by atoms with Crippen LogP contribution in [0.2, 0.25) is 0 Å². The topological polar surface area (TPSA) is 20.2 Å². The standard InChI is InChI=1S/C18H20F2O/c1-12-4-7-16(20)10-13(12)11-17(21)18(2,3)14-5-8-15(19)9-6-14/h4-10,17,21H,11H2,1-3H3. The molecule has 2 aromatic rings. The summed E-state index contributed by atoms with van der Waals surface area (Å²) in [6, 6.07) is 10.7. The van der Waals surface area contributed by atoms with Gasteiger partial charge in [0, 0.05) is 5.41 Å². The molecule has 0 fully saturated rings. The molecule has 3 heteroatoms. The largest absolute Gasteiger partial charge is 0.392 e. The molecular formula is C18H20F2O. The molecule has 0 aliphatic carbocycles. The first-order valence-electron chi connectivity index (χ1n) is 7.00. The van der Waals surface area contributed by atoms with Gasteiger partial charge in [-0.15, -0.1) is 0 Å². The Morgan fingerprint density at radius 3 is 2.19 bits per heavy atom. The van der Waals surface area contributed by atoms with Crippen molar-refractivity contribution in [3.63, 3.8) is 0 Å². The lowest BCUT2D eigenvalue weighted by Gasteiger charge is -2.31. The molecule has 1 N–H and O–H groups in total. The molecular weight excluding hydrogens is 270 g/mol. The van der Waals surface area contributed by atoms with Gasteiger partial charge in [-0.25, -0.2) is 8.78 Å². The van der Waals surface area contributed by atoms with Crippen molar-refractivity contribution in [3.05, 3.63) is 70.8 Å². The van der Waals surface area contributed by atoms with Crippen LogP contribution < -0.4 is 0 Å². The van der Waals surface area contributed by atoms with E-state index in [-0.39, 0.29) is 11.6 Å². The smallest absolute Gasteiger partial charge is 0.123 e. The zero-order valence-corrected chi connectivity index (χ0v) is 12.5. The first kappa shape index (κ1) is 15.6. The molecule has 0 saturated heterocycles. The highest BCUT2D eigenvalue weighted by Gasteiger charge is 2.30. The highest BCUT2D eigenvalue weighted by atomic mass is 19.1. The van der Waals surface area contributed by atoms with E-state index in [4.69, 9.17) is 0 Å². The van der Waals surface area contributed by atoms with E-state index in [1.165, 1.54) is 24.3 Å². The number of aliphatic hydroxyl groups is 1. The Labute approximate surface area is 124 Å². The van der Waals surface area contributed by atoms with Crippen LogP contribution in [-0.2, 0) is 11.8 Å². The van der Waals surface area contributed by atoms with Crippen LogP contribution in [0.3, 0.4) is 0 Å². The SMILES string of the molecule is Cc1ccc(F)cc1CC(O)C(C)(C)c1ccc(F)cc1. The molecule has 0 aliphatic heterocycles. The maximum Gasteiger partial charge on any atom is 0.123 e. The van der Waals surface area contributed by atoms with Crippen molar-refractivity contribution in [1.82, 2.24) is 0 Å². The van der Waals surface area contributed by atoms with Crippen LogP contribution in [-0.4, -0.2) is 11.2 Å². The van der Waals surface area contributed by atoms with Crippen molar-refractivity contribution in [2.45, 2.75) is 38.7 Å². The molecule has 0 heterocycles. The number of halogens is 2. The molecule has 2 aromatic carbocycles. The predicted molar refractivity (Wildman–Crippen MR) is 80.3 cm³/mol. The minimum Gasteiger partial charge on any atom is -0.392 e. The summed E-state index contributed by atoms with van der Waals surface area (Å²) >= 11 is 0. The fourth-order valence-corrected chi connectivity index (χ4v) is 2.40. The molecule has 1 nitrogen and oxygen atoms in total. The summed E-state index contributed by atoms with van der Waals surface area (Å²) in [4.78, 5) is 0. The van der Waals surface area contributed by atoms with Gasteiger partial charge in [-0.05, 0) is 54.3 Å². The Kier molecular flexibility index (Phi) is 4.43. The minimum atomic E-state index is -0.691. The summed E-state index contributed by atoms with van der Waals surface area (Å²) in [7, 11) is 0. The molecule has 1 atom stereocenters. The maximum atomic E-state index is 13.3. The van der Waals surface area contributed by atoms with Crippen molar-refractivity contribution in [2.24, 2.45) is 0 Å². The molecule has 112 valence electrons. The Hall–Kier alpha value is -1.74. The predicted octanol–water partition coefficient (Wildman–Crippen LogP) is 4.15. The molecule has 0 aromatic heterocycles. The van der Waals surface area contributed by atoms with Gasteiger partial charge in [0.2, 0.25) is 0 Å². The van der Waals surface area contributed by atoms with E-state index in [9.17, 15) is 13.9 Å². The van der Waals surface area contributed by atoms with Crippen LogP contribution in [0.15, 0.2) is 42.5 Å². The first-order valence-corrected chi connectivity index (χ1v) is 7.00. The van der Waals surface area contributed by atoms with Crippen LogP contribution in [0.4, 0.5) is 8.78 Å². The average molecular weight is 290 g/mol. The van der Waals surface area contributed by atoms with E-state index in [2.05, 4.69) is 0 Å². The van der Waals surface area contributed by atoms with Crippen LogP contribution in [0, 0.1) is 18.6 Å². The summed E-state index contributed by atoms with van der Waals surface area (Å²) < 4.78 is 26.4. The van der Waals surface area contributed by atoms with E-state index < -0.39 is 11.5 Å². The number of hydrogen-bond donors (Lipinski definition) is 1. The second-order valence-corrected chi connectivity index (χ2v) is 6.02. The molecule has 0 bridgehead atoms. The third-order valence-electron chi connectivity index (χ3n) is 4.15. The Balaban J connectivity index is 2.23. The second-order valence-electron chi connectivity index (χ2n) is 6.02. The first-order chi connectivity index (χ1) is 9.80. The van der Waals surface area contributed by atoms with Crippen LogP contribution >= 0.6 is 0 Å². The van der Waals surface area contributed by atoms with Gasteiger partial charge in [-0.2, -0.15) is 0 Å². The fraction of sp³-hybridized carbons (Fsp3) is 0.333. The number of aryl methyl sites for hydroxylation is 1. The molecule has 2 rings (SSSR count). The summed E-state index contributed by atoms with van der Waals surface area (Å²) in [5.41, 5.74) is 2.04. The van der Waals surface area contributed by atoms with Gasteiger partial charge < -0.3 is 5.11 Å². The van der Waals surface area contributed by atoms with E-state index in [0.29, 0.717) is 6.42 Å². The number of hydrogen-bond acceptors (Lipinski definition) is 1. The lowest BCUT2D eigenvalue weighted by molar-refractivity contribution is 0.0997. The fourth-order valence-electron chi connectivity index (χ4n) is 2.40. The average Bonchev–Trinajstić information content (AvgIpc) is 2.43. The summed E-state index contributed by atoms with van der Waals surface area (Å²) in [6.45, 7) is 5.70. The van der Waals surface area contributed by atoms with Crippen molar-refractivity contribution >= 4 is 0 Å². The quantitative estimate of drug-likeness (QED) is 0.896. The Morgan fingerprint density at radius 2 is 1.57 bits per heavy atom. The third-order valence-corrected chi connectivity index (χ3v) is 4.15. The minimum absolute atomic E-state index is 0.301. The van der Waals surface area contributed by atoms with Gasteiger partial charge in [-0.3, -0.25) is 0 Å². The van der Waals surface area contributed by atoms with Gasteiger partial charge >= 0.3 is 0 Å². The van der Waals surface area contributed by atoms with E-state index in [1.807, 2.05) is 20.8 Å². The van der Waals surface area contributed by atoms with Crippen molar-refractivity contribution in [1.29, 1.82) is 0 Å². The summed E-state index contributed by atoms with van der Waals surface area (Å²) in [5, 5.41) is 10.6. The van der Waals surface area contributed by atoms with Crippen LogP contribution in [0.1, 0.15) is 30.5 Å². The Morgan fingerprint density at radius 1 is 1.00 bits per heavy atom. The van der Waals surface area contributed by atoms with Crippen LogP contribution in [0.5, 0.6) is 0 Å². The normalized spacial score (nSPS) is 13.2. The lowest BCUT2D eigenvalue weighted by atomic mass is 9.77. The summed E-state index contributed by atoms with van der Waals surface area (Å²) in [5.74, 6) is -0.604. The summed E-state index contributed by atoms with van der Waals surface area (Å²) in [6.07, 6.45) is -0.336. The highest BCUT2D eigenvalue weighted by Crippen LogP contribution is 2.30. The van der Waals surface area contributed by atoms with E-state index in [1.54, 1.807) is 18.2 Å². The second kappa shape index (κ2) is 5.94. The number of benzene rings is 2. The monoisotopic (exact) mass is 290 g/mol. The molecule has 0 radical (unpaired) electrons. The third kappa shape index (κ3) is 3.48.